The molecular formula is C19H24N4O3S. The Balaban J connectivity index is 1.73. The van der Waals surface area contributed by atoms with Gasteiger partial charge in [0.2, 0.25) is 0 Å². The van der Waals surface area contributed by atoms with Gasteiger partial charge in [-0.25, -0.2) is 8.42 Å². The largest absolute Gasteiger partial charge is 0.351 e. The van der Waals surface area contributed by atoms with Gasteiger partial charge in [0.15, 0.2) is 21.3 Å². The number of nitrogens with zero attached hydrogens (tertiary/aromatic N) is 3. The molecule has 0 bridgehead atoms. The second-order valence-corrected chi connectivity index (χ2v) is 9.18. The van der Waals surface area contributed by atoms with Crippen molar-refractivity contribution < 1.29 is 13.2 Å². The van der Waals surface area contributed by atoms with E-state index < -0.39 is 9.84 Å². The van der Waals surface area contributed by atoms with Crippen LogP contribution in [0.25, 0.3) is 0 Å². The lowest BCUT2D eigenvalue weighted by Crippen LogP contribution is -2.37. The highest BCUT2D eigenvalue weighted by Gasteiger charge is 2.32. The second kappa shape index (κ2) is 7.64. The maximum Gasteiger partial charge on any atom is 0.276 e. The summed E-state index contributed by atoms with van der Waals surface area (Å²) in [5, 5.41) is 11.0. The molecule has 1 aromatic carbocycles. The lowest BCUT2D eigenvalue weighted by atomic mass is 10.1. The summed E-state index contributed by atoms with van der Waals surface area (Å²) < 4.78 is 23.5. The van der Waals surface area contributed by atoms with Gasteiger partial charge in [0, 0.05) is 18.3 Å². The predicted octanol–water partition coefficient (Wildman–Crippen LogP) is 2.36. The molecule has 0 spiro atoms. The standard InChI is InChI=1S/C19H24N4O3S/c1-4-23(16-7-8-27(25,26)12-16)18-6-5-17(21-22-18)19(24)20-15-10-13(2)9-14(3)11-15/h5-6,9-11,16H,4,7-8,12H2,1-3H3,(H,20,24). The monoisotopic (exact) mass is 388 g/mol. The lowest BCUT2D eigenvalue weighted by molar-refractivity contribution is 0.102. The van der Waals surface area contributed by atoms with Crippen molar-refractivity contribution in [2.75, 3.05) is 28.3 Å². The Morgan fingerprint density at radius 1 is 1.19 bits per heavy atom. The fraction of sp³-hybridized carbons (Fsp3) is 0.421. The first-order valence-corrected chi connectivity index (χ1v) is 10.8. The fourth-order valence-electron chi connectivity index (χ4n) is 3.47. The van der Waals surface area contributed by atoms with Crippen LogP contribution in [0.5, 0.6) is 0 Å². The van der Waals surface area contributed by atoms with Gasteiger partial charge in [0.05, 0.1) is 11.5 Å². The van der Waals surface area contributed by atoms with E-state index in [4.69, 9.17) is 0 Å². The number of carbonyl (C=O) groups is 1. The van der Waals surface area contributed by atoms with Gasteiger partial charge >= 0.3 is 0 Å². The Bertz CT molecular complexity index is 922. The van der Waals surface area contributed by atoms with Crippen LogP contribution in [-0.2, 0) is 9.84 Å². The third-order valence-corrected chi connectivity index (χ3v) is 6.40. The van der Waals surface area contributed by atoms with E-state index in [-0.39, 0.29) is 29.1 Å². The number of aromatic nitrogens is 2. The molecule has 1 fully saturated rings. The van der Waals surface area contributed by atoms with E-state index in [1.54, 1.807) is 12.1 Å². The molecule has 1 atom stereocenters. The maximum atomic E-state index is 12.4. The number of nitrogens with one attached hydrogen (secondary N) is 1. The number of rotatable bonds is 5. The van der Waals surface area contributed by atoms with E-state index in [0.29, 0.717) is 18.8 Å². The average molecular weight is 388 g/mol. The number of carbonyl (C=O) groups excluding carboxylic acids is 1. The summed E-state index contributed by atoms with van der Waals surface area (Å²) in [6.45, 7) is 6.52. The highest BCUT2D eigenvalue weighted by atomic mass is 32.2. The lowest BCUT2D eigenvalue weighted by Gasteiger charge is -2.27. The zero-order valence-electron chi connectivity index (χ0n) is 15.8. The van der Waals surface area contributed by atoms with Crippen molar-refractivity contribution in [2.24, 2.45) is 0 Å². The van der Waals surface area contributed by atoms with Crippen LogP contribution in [0.2, 0.25) is 0 Å². The number of benzene rings is 1. The molecule has 2 heterocycles. The van der Waals surface area contributed by atoms with Crippen molar-refractivity contribution in [2.45, 2.75) is 33.2 Å². The summed E-state index contributed by atoms with van der Waals surface area (Å²) >= 11 is 0. The van der Waals surface area contributed by atoms with Gasteiger partial charge in [0.25, 0.3) is 5.91 Å². The van der Waals surface area contributed by atoms with Crippen molar-refractivity contribution in [3.63, 3.8) is 0 Å². The second-order valence-electron chi connectivity index (χ2n) is 6.95. The highest BCUT2D eigenvalue weighted by Crippen LogP contribution is 2.22. The van der Waals surface area contributed by atoms with Crippen LogP contribution >= 0.6 is 0 Å². The van der Waals surface area contributed by atoms with Gasteiger partial charge in [-0.2, -0.15) is 0 Å². The third-order valence-electron chi connectivity index (χ3n) is 4.65. The first-order chi connectivity index (χ1) is 12.8. The van der Waals surface area contributed by atoms with Crippen LogP contribution in [0.4, 0.5) is 11.5 Å². The molecular weight excluding hydrogens is 364 g/mol. The molecule has 1 N–H and O–H groups in total. The third kappa shape index (κ3) is 4.63. The van der Waals surface area contributed by atoms with Gasteiger partial charge in [0.1, 0.15) is 0 Å². The van der Waals surface area contributed by atoms with E-state index in [9.17, 15) is 13.2 Å². The first-order valence-electron chi connectivity index (χ1n) is 8.98. The molecule has 8 heteroatoms. The Morgan fingerprint density at radius 2 is 1.89 bits per heavy atom. The topological polar surface area (TPSA) is 92.3 Å². The molecule has 0 aliphatic carbocycles. The van der Waals surface area contributed by atoms with Gasteiger partial charge < -0.3 is 10.2 Å². The van der Waals surface area contributed by atoms with Crippen LogP contribution in [0.3, 0.4) is 0 Å². The molecule has 1 aromatic heterocycles. The van der Waals surface area contributed by atoms with Crippen LogP contribution in [0.15, 0.2) is 30.3 Å². The number of sulfone groups is 1. The van der Waals surface area contributed by atoms with E-state index in [1.165, 1.54) is 0 Å². The van der Waals surface area contributed by atoms with E-state index in [2.05, 4.69) is 15.5 Å². The molecule has 1 unspecified atom stereocenters. The van der Waals surface area contributed by atoms with Crippen molar-refractivity contribution in [3.05, 3.63) is 47.2 Å². The molecule has 144 valence electrons. The summed E-state index contributed by atoms with van der Waals surface area (Å²) in [5.74, 6) is 0.600. The molecule has 27 heavy (non-hydrogen) atoms. The summed E-state index contributed by atoms with van der Waals surface area (Å²) in [6, 6.07) is 9.07. The van der Waals surface area contributed by atoms with Crippen LogP contribution < -0.4 is 10.2 Å². The number of aryl methyl sites for hydroxylation is 2. The first kappa shape index (κ1) is 19.3. The Kier molecular flexibility index (Phi) is 5.46. The fourth-order valence-corrected chi connectivity index (χ4v) is 5.20. The summed E-state index contributed by atoms with van der Waals surface area (Å²) in [4.78, 5) is 14.4. The molecule has 1 saturated heterocycles. The minimum absolute atomic E-state index is 0.0933. The maximum absolute atomic E-state index is 12.4. The Labute approximate surface area is 159 Å². The highest BCUT2D eigenvalue weighted by molar-refractivity contribution is 7.91. The van der Waals surface area contributed by atoms with Crippen LogP contribution in [0, 0.1) is 13.8 Å². The average Bonchev–Trinajstić information content (AvgIpc) is 2.95. The summed E-state index contributed by atoms with van der Waals surface area (Å²) in [5.41, 5.74) is 3.07. The molecule has 1 aliphatic heterocycles. The number of amides is 1. The number of hydrogen-bond acceptors (Lipinski definition) is 6. The summed E-state index contributed by atoms with van der Waals surface area (Å²) in [6.07, 6.45) is 0.590. The van der Waals surface area contributed by atoms with Gasteiger partial charge in [-0.05, 0) is 62.6 Å². The Morgan fingerprint density at radius 3 is 2.41 bits per heavy atom. The molecule has 1 aliphatic rings. The van der Waals surface area contributed by atoms with E-state index >= 15 is 0 Å². The summed E-state index contributed by atoms with van der Waals surface area (Å²) in [7, 11) is -2.98. The normalized spacial score (nSPS) is 18.3. The zero-order chi connectivity index (χ0) is 19.6. The smallest absolute Gasteiger partial charge is 0.276 e. The number of anilines is 2. The van der Waals surface area contributed by atoms with Crippen molar-refractivity contribution >= 4 is 27.2 Å². The quantitative estimate of drug-likeness (QED) is 0.845. The molecule has 0 saturated carbocycles. The molecule has 0 radical (unpaired) electrons. The molecule has 7 nitrogen and oxygen atoms in total. The van der Waals surface area contributed by atoms with Crippen molar-refractivity contribution in [1.29, 1.82) is 0 Å². The molecule has 2 aromatic rings. The predicted molar refractivity (Wildman–Crippen MR) is 106 cm³/mol. The van der Waals surface area contributed by atoms with Crippen molar-refractivity contribution in [1.82, 2.24) is 10.2 Å². The van der Waals surface area contributed by atoms with Crippen molar-refractivity contribution in [3.8, 4) is 0 Å². The molecule has 3 rings (SSSR count). The minimum Gasteiger partial charge on any atom is -0.351 e. The minimum atomic E-state index is -2.98. The Hall–Kier alpha value is -2.48. The van der Waals surface area contributed by atoms with Crippen LogP contribution in [-0.4, -0.2) is 48.6 Å². The van der Waals surface area contributed by atoms with Gasteiger partial charge in [-0.15, -0.1) is 10.2 Å². The van der Waals surface area contributed by atoms with Crippen LogP contribution in [0.1, 0.15) is 35.0 Å². The zero-order valence-corrected chi connectivity index (χ0v) is 16.6. The van der Waals surface area contributed by atoms with Gasteiger partial charge in [-0.1, -0.05) is 6.07 Å². The SMILES string of the molecule is CCN(c1ccc(C(=O)Nc2cc(C)cc(C)c2)nn1)C1CCS(=O)(=O)C1. The van der Waals surface area contributed by atoms with E-state index in [0.717, 1.165) is 16.8 Å². The van der Waals surface area contributed by atoms with E-state index in [1.807, 2.05) is 43.9 Å². The molecule has 1 amide bonds. The number of hydrogen-bond donors (Lipinski definition) is 1. The van der Waals surface area contributed by atoms with Gasteiger partial charge in [-0.3, -0.25) is 4.79 Å².